The molecule has 0 unspecified atom stereocenters. The minimum absolute atomic E-state index is 0.0722. The van der Waals surface area contributed by atoms with Crippen LogP contribution in [0.5, 0.6) is 0 Å². The number of aryl methyl sites for hydroxylation is 1. The second-order valence-corrected chi connectivity index (χ2v) is 15.3. The Bertz CT molecular complexity index is 1440. The molecule has 2 heterocycles. The zero-order valence-corrected chi connectivity index (χ0v) is 27.6. The molecule has 1 saturated carbocycles. The number of thiazole rings is 1. The van der Waals surface area contributed by atoms with Gasteiger partial charge in [0.05, 0.1) is 16.3 Å². The summed E-state index contributed by atoms with van der Waals surface area (Å²) in [7, 11) is 0. The number of amides is 1. The van der Waals surface area contributed by atoms with Gasteiger partial charge in [0.15, 0.2) is 10.3 Å². The predicted octanol–water partition coefficient (Wildman–Crippen LogP) is 9.21. The van der Waals surface area contributed by atoms with Crippen LogP contribution in [0, 0.1) is 6.92 Å². The number of nitrogens with one attached hydrogen (secondary N) is 1. The van der Waals surface area contributed by atoms with E-state index in [9.17, 15) is 4.79 Å². The highest BCUT2D eigenvalue weighted by molar-refractivity contribution is 7.99. The summed E-state index contributed by atoms with van der Waals surface area (Å²) in [6.07, 6.45) is 6.06. The van der Waals surface area contributed by atoms with Crippen LogP contribution >= 0.6 is 23.1 Å². The van der Waals surface area contributed by atoms with Crippen molar-refractivity contribution < 1.29 is 4.79 Å². The lowest BCUT2D eigenvalue weighted by molar-refractivity contribution is -0.113. The highest BCUT2D eigenvalue weighted by atomic mass is 32.2. The maximum absolute atomic E-state index is 13.2. The molecule has 42 heavy (non-hydrogen) atoms. The second-order valence-electron chi connectivity index (χ2n) is 13.4. The smallest absolute Gasteiger partial charge is 0.236 e. The van der Waals surface area contributed by atoms with E-state index in [2.05, 4.69) is 110 Å². The van der Waals surface area contributed by atoms with Crippen LogP contribution < -0.4 is 5.32 Å². The van der Waals surface area contributed by atoms with Crippen LogP contribution in [0.15, 0.2) is 53.7 Å². The third kappa shape index (κ3) is 6.97. The van der Waals surface area contributed by atoms with Gasteiger partial charge >= 0.3 is 0 Å². The van der Waals surface area contributed by atoms with Gasteiger partial charge in [0.2, 0.25) is 5.91 Å². The number of carbonyl (C=O) groups is 1. The summed E-state index contributed by atoms with van der Waals surface area (Å²) >= 11 is 2.98. The average molecular weight is 602 g/mol. The quantitative estimate of drug-likeness (QED) is 0.214. The maximum atomic E-state index is 13.2. The van der Waals surface area contributed by atoms with E-state index in [1.54, 1.807) is 0 Å². The molecule has 1 aliphatic rings. The zero-order valence-electron chi connectivity index (χ0n) is 26.0. The highest BCUT2D eigenvalue weighted by Crippen LogP contribution is 2.40. The first kappa shape index (κ1) is 30.5. The monoisotopic (exact) mass is 601 g/mol. The van der Waals surface area contributed by atoms with Gasteiger partial charge in [-0.25, -0.2) is 4.98 Å². The number of carbonyl (C=O) groups excluding carboxylic acids is 1. The highest BCUT2D eigenvalue weighted by Gasteiger charge is 2.23. The predicted molar refractivity (Wildman–Crippen MR) is 177 cm³/mol. The Morgan fingerprint density at radius 2 is 1.45 bits per heavy atom. The van der Waals surface area contributed by atoms with Gasteiger partial charge in [-0.05, 0) is 47.3 Å². The molecule has 0 radical (unpaired) electrons. The minimum atomic E-state index is -0.0890. The molecular weight excluding hydrogens is 559 g/mol. The molecule has 0 aliphatic heterocycles. The molecule has 0 spiro atoms. The summed E-state index contributed by atoms with van der Waals surface area (Å²) < 4.78 is 2.24. The molecule has 5 rings (SSSR count). The molecule has 8 heteroatoms. The van der Waals surface area contributed by atoms with Crippen molar-refractivity contribution >= 4 is 34.1 Å². The van der Waals surface area contributed by atoms with E-state index in [-0.39, 0.29) is 22.5 Å². The lowest BCUT2D eigenvalue weighted by Gasteiger charge is -2.24. The fourth-order valence-corrected chi connectivity index (χ4v) is 7.37. The third-order valence-electron chi connectivity index (χ3n) is 8.02. The Morgan fingerprint density at radius 1 is 0.881 bits per heavy atom. The van der Waals surface area contributed by atoms with Crippen LogP contribution in [0.3, 0.4) is 0 Å². The van der Waals surface area contributed by atoms with E-state index < -0.39 is 0 Å². The van der Waals surface area contributed by atoms with Gasteiger partial charge in [-0.2, -0.15) is 0 Å². The Labute approximate surface area is 258 Å². The molecule has 4 aromatic rings. The second kappa shape index (κ2) is 12.3. The van der Waals surface area contributed by atoms with Gasteiger partial charge < -0.3 is 9.88 Å². The van der Waals surface area contributed by atoms with Crippen molar-refractivity contribution in [3.8, 4) is 21.7 Å². The van der Waals surface area contributed by atoms with Crippen molar-refractivity contribution in [1.29, 1.82) is 0 Å². The number of aromatic nitrogens is 4. The molecule has 2 aromatic heterocycles. The molecule has 0 bridgehead atoms. The summed E-state index contributed by atoms with van der Waals surface area (Å²) in [5.74, 6) is 1.10. The van der Waals surface area contributed by atoms with Crippen molar-refractivity contribution in [3.63, 3.8) is 0 Å². The maximum Gasteiger partial charge on any atom is 0.236 e. The van der Waals surface area contributed by atoms with Gasteiger partial charge in [-0.1, -0.05) is 132 Å². The van der Waals surface area contributed by atoms with Crippen molar-refractivity contribution in [1.82, 2.24) is 19.7 Å². The number of nitrogens with zero attached hydrogens (tertiary/aromatic N) is 4. The summed E-state index contributed by atoms with van der Waals surface area (Å²) in [6.45, 7) is 15.3. The molecule has 1 aliphatic carbocycles. The Hall–Kier alpha value is -2.97. The van der Waals surface area contributed by atoms with E-state index >= 15 is 0 Å². The van der Waals surface area contributed by atoms with Crippen LogP contribution in [0.25, 0.3) is 21.7 Å². The van der Waals surface area contributed by atoms with Gasteiger partial charge in [-0.15, -0.1) is 10.2 Å². The Balaban J connectivity index is 1.38. The number of hydrogen-bond donors (Lipinski definition) is 1. The first-order valence-corrected chi connectivity index (χ1v) is 16.8. The third-order valence-corrected chi connectivity index (χ3v) is 9.98. The first-order valence-electron chi connectivity index (χ1n) is 15.0. The summed E-state index contributed by atoms with van der Waals surface area (Å²) in [4.78, 5) is 19.2. The van der Waals surface area contributed by atoms with Crippen LogP contribution in [0.1, 0.15) is 96.6 Å². The molecule has 6 nitrogen and oxygen atoms in total. The first-order chi connectivity index (χ1) is 19.9. The average Bonchev–Trinajstić information content (AvgIpc) is 3.54. The van der Waals surface area contributed by atoms with E-state index in [0.717, 1.165) is 45.5 Å². The number of rotatable bonds is 7. The van der Waals surface area contributed by atoms with Gasteiger partial charge in [-0.3, -0.25) is 4.79 Å². The van der Waals surface area contributed by atoms with Crippen molar-refractivity contribution in [2.24, 2.45) is 0 Å². The largest absolute Gasteiger partial charge is 0.303 e. The molecular formula is C34H43N5OS2. The number of hydrogen-bond acceptors (Lipinski definition) is 6. The van der Waals surface area contributed by atoms with Crippen molar-refractivity contribution in [2.75, 3.05) is 11.1 Å². The van der Waals surface area contributed by atoms with E-state index in [1.807, 2.05) is 6.92 Å². The fourth-order valence-electron chi connectivity index (χ4n) is 5.51. The standard InChI is InChI=1S/C34H43N5OS2/c1-22-37-38-32(39(22)27-11-9-8-10-12-27)41-21-28(40)35-31-36-29(23-13-17-25(18-14-23)33(2,3)4)30(42-31)24-15-19-26(20-16-24)34(5,6)7/h13-20,27H,8-12,21H2,1-7H3,(H,35,36,40). The van der Waals surface area contributed by atoms with E-state index in [4.69, 9.17) is 4.98 Å². The zero-order chi connectivity index (χ0) is 30.1. The fraction of sp³-hybridized carbons (Fsp3) is 0.471. The number of thioether (sulfide) groups is 1. The topological polar surface area (TPSA) is 72.7 Å². The molecule has 1 amide bonds. The number of benzene rings is 2. The van der Waals surface area contributed by atoms with Crippen LogP contribution in [-0.2, 0) is 15.6 Å². The van der Waals surface area contributed by atoms with E-state index in [0.29, 0.717) is 11.2 Å². The SMILES string of the molecule is Cc1nnc(SCC(=O)Nc2nc(-c3ccc(C(C)(C)C)cc3)c(-c3ccc(C(C)(C)C)cc3)s2)n1C1CCCCC1. The molecule has 1 N–H and O–H groups in total. The van der Waals surface area contributed by atoms with Gasteiger partial charge in [0.1, 0.15) is 5.82 Å². The molecule has 2 aromatic carbocycles. The molecule has 0 saturated heterocycles. The lowest BCUT2D eigenvalue weighted by Crippen LogP contribution is -2.17. The summed E-state index contributed by atoms with van der Waals surface area (Å²) in [5, 5.41) is 13.2. The summed E-state index contributed by atoms with van der Waals surface area (Å²) in [5.41, 5.74) is 5.74. The minimum Gasteiger partial charge on any atom is -0.303 e. The van der Waals surface area contributed by atoms with E-state index in [1.165, 1.54) is 53.5 Å². The van der Waals surface area contributed by atoms with Crippen LogP contribution in [-0.4, -0.2) is 31.4 Å². The van der Waals surface area contributed by atoms with Gasteiger partial charge in [0.25, 0.3) is 0 Å². The molecule has 1 fully saturated rings. The van der Waals surface area contributed by atoms with Crippen molar-refractivity contribution in [3.05, 3.63) is 65.5 Å². The van der Waals surface area contributed by atoms with Crippen LogP contribution in [0.2, 0.25) is 0 Å². The Morgan fingerprint density at radius 3 is 2.02 bits per heavy atom. The lowest BCUT2D eigenvalue weighted by atomic mass is 9.86. The Kier molecular flexibility index (Phi) is 8.95. The van der Waals surface area contributed by atoms with Crippen molar-refractivity contribution in [2.45, 2.75) is 103 Å². The normalized spacial score (nSPS) is 14.7. The van der Waals surface area contributed by atoms with Crippen LogP contribution in [0.4, 0.5) is 5.13 Å². The van der Waals surface area contributed by atoms with Gasteiger partial charge in [0, 0.05) is 11.6 Å². The molecule has 0 atom stereocenters. The number of anilines is 1. The molecule has 222 valence electrons. The summed E-state index contributed by atoms with van der Waals surface area (Å²) in [6, 6.07) is 17.8.